The van der Waals surface area contributed by atoms with E-state index in [0.717, 1.165) is 11.3 Å². The van der Waals surface area contributed by atoms with Crippen LogP contribution >= 0.6 is 11.3 Å². The number of Topliss-reactive ketones (excluding diaryl/α,β-unsaturated/α-hetero) is 1. The molecule has 9 heteroatoms. The van der Waals surface area contributed by atoms with Gasteiger partial charge in [-0.2, -0.15) is 0 Å². The van der Waals surface area contributed by atoms with Gasteiger partial charge in [0.1, 0.15) is 11.5 Å². The number of benzene rings is 1. The summed E-state index contributed by atoms with van der Waals surface area (Å²) in [6.07, 6.45) is 4.26. The van der Waals surface area contributed by atoms with E-state index in [9.17, 15) is 19.7 Å². The summed E-state index contributed by atoms with van der Waals surface area (Å²) in [4.78, 5) is 37.1. The van der Waals surface area contributed by atoms with Crippen molar-refractivity contribution in [2.45, 2.75) is 0 Å². The number of thiazole rings is 1. The van der Waals surface area contributed by atoms with Gasteiger partial charge in [-0.05, 0) is 36.4 Å². The van der Waals surface area contributed by atoms with Crippen LogP contribution in [0.5, 0.6) is 0 Å². The van der Waals surface area contributed by atoms with Gasteiger partial charge in [0, 0.05) is 29.8 Å². The zero-order valence-electron chi connectivity index (χ0n) is 14.7. The lowest BCUT2D eigenvalue weighted by Crippen LogP contribution is -2.19. The molecule has 0 aliphatic carbocycles. The summed E-state index contributed by atoms with van der Waals surface area (Å²) in [6, 6.07) is 12.5. The number of nitrogens with one attached hydrogen (secondary N) is 1. The van der Waals surface area contributed by atoms with Crippen LogP contribution in [0.1, 0.15) is 16.3 Å². The molecule has 0 amide bonds. The van der Waals surface area contributed by atoms with E-state index in [2.05, 4.69) is 4.98 Å². The highest BCUT2D eigenvalue weighted by Crippen LogP contribution is 2.24. The fourth-order valence-corrected chi connectivity index (χ4v) is 3.46. The first-order chi connectivity index (χ1) is 14.0. The molecule has 0 spiro atoms. The van der Waals surface area contributed by atoms with Gasteiger partial charge in [-0.15, -0.1) is 11.3 Å². The van der Waals surface area contributed by atoms with E-state index in [4.69, 9.17) is 8.83 Å². The van der Waals surface area contributed by atoms with Gasteiger partial charge in [-0.25, -0.2) is 0 Å². The van der Waals surface area contributed by atoms with Crippen molar-refractivity contribution in [1.29, 1.82) is 0 Å². The van der Waals surface area contributed by atoms with Crippen molar-refractivity contribution in [1.82, 2.24) is 4.98 Å². The van der Waals surface area contributed by atoms with Crippen LogP contribution in [-0.4, -0.2) is 15.7 Å². The van der Waals surface area contributed by atoms with Crippen molar-refractivity contribution in [3.63, 3.8) is 0 Å². The number of aromatic nitrogens is 1. The zero-order valence-corrected chi connectivity index (χ0v) is 15.5. The largest absolute Gasteiger partial charge is 0.461 e. The Kier molecular flexibility index (Phi) is 4.80. The number of furan rings is 2. The third-order valence-electron chi connectivity index (χ3n) is 3.97. The number of aromatic amines is 1. The Labute approximate surface area is 166 Å². The molecule has 1 N–H and O–H groups in total. The first-order valence-corrected chi connectivity index (χ1v) is 9.16. The minimum atomic E-state index is -0.473. The molecule has 0 unspecified atom stereocenters. The molecule has 0 aliphatic rings. The molecule has 0 aliphatic heterocycles. The number of hydrogen-bond acceptors (Lipinski definition) is 7. The molecule has 4 rings (SSSR count). The standard InChI is InChI=1S/C20H12N2O6S/c23-15(17-2-1-9-27-17)11-19-21-20(24)18(29-19)10-14-7-8-16(28-14)12-3-5-13(6-4-12)22(25)26/h1-11H,(H,21,24)/b18-10-,19-11-. The number of carbonyl (C=O) groups is 1. The van der Waals surface area contributed by atoms with Crippen LogP contribution in [0.15, 0.2) is 68.4 Å². The molecule has 144 valence electrons. The molecule has 3 heterocycles. The van der Waals surface area contributed by atoms with Gasteiger partial charge in [0.25, 0.3) is 11.2 Å². The highest BCUT2D eigenvalue weighted by molar-refractivity contribution is 7.07. The number of nitro groups is 1. The van der Waals surface area contributed by atoms with Gasteiger partial charge in [0.15, 0.2) is 5.76 Å². The van der Waals surface area contributed by atoms with Gasteiger partial charge in [-0.3, -0.25) is 19.7 Å². The Bertz CT molecular complexity index is 1360. The Morgan fingerprint density at radius 2 is 1.93 bits per heavy atom. The SMILES string of the molecule is O=C(/C=c1/[nH]c(=O)/c(=C/c2ccc(-c3ccc([N+](=O)[O-])cc3)o2)s1)c1ccco1. The average Bonchev–Trinajstić information content (AvgIpc) is 3.45. The highest BCUT2D eigenvalue weighted by atomic mass is 32.1. The average molecular weight is 408 g/mol. The first kappa shape index (κ1) is 18.4. The molecule has 4 aromatic rings. The molecular weight excluding hydrogens is 396 g/mol. The quantitative estimate of drug-likeness (QED) is 0.308. The predicted octanol–water partition coefficient (Wildman–Crippen LogP) is 2.69. The molecule has 1 aromatic carbocycles. The fraction of sp³-hybridized carbons (Fsp3) is 0. The fourth-order valence-electron chi connectivity index (χ4n) is 2.60. The van der Waals surface area contributed by atoms with E-state index in [1.54, 1.807) is 42.5 Å². The number of non-ortho nitro benzene ring substituents is 1. The summed E-state index contributed by atoms with van der Waals surface area (Å²) in [5.41, 5.74) is 0.320. The van der Waals surface area contributed by atoms with Gasteiger partial charge in [0.05, 0.1) is 20.4 Å². The van der Waals surface area contributed by atoms with Crippen LogP contribution in [0.4, 0.5) is 5.69 Å². The van der Waals surface area contributed by atoms with Crippen molar-refractivity contribution in [3.8, 4) is 11.3 Å². The number of nitrogens with zero attached hydrogens (tertiary/aromatic N) is 1. The molecule has 0 bridgehead atoms. The summed E-state index contributed by atoms with van der Waals surface area (Å²) >= 11 is 1.11. The van der Waals surface area contributed by atoms with Gasteiger partial charge >= 0.3 is 0 Å². The third-order valence-corrected chi connectivity index (χ3v) is 4.93. The van der Waals surface area contributed by atoms with Crippen LogP contribution in [0.2, 0.25) is 0 Å². The van der Waals surface area contributed by atoms with Gasteiger partial charge < -0.3 is 13.8 Å². The zero-order chi connectivity index (χ0) is 20.4. The number of H-pyrrole nitrogens is 1. The monoisotopic (exact) mass is 408 g/mol. The Hall–Kier alpha value is -3.98. The Balaban J connectivity index is 1.62. The molecule has 0 saturated heterocycles. The molecule has 0 saturated carbocycles. The van der Waals surface area contributed by atoms with E-state index < -0.39 is 4.92 Å². The maximum Gasteiger partial charge on any atom is 0.269 e. The summed E-state index contributed by atoms with van der Waals surface area (Å²) in [5, 5.41) is 10.7. The smallest absolute Gasteiger partial charge is 0.269 e. The second-order valence-corrected chi connectivity index (χ2v) is 7.00. The van der Waals surface area contributed by atoms with Crippen LogP contribution in [0.3, 0.4) is 0 Å². The summed E-state index contributed by atoms with van der Waals surface area (Å²) in [6.45, 7) is 0. The lowest BCUT2D eigenvalue weighted by molar-refractivity contribution is -0.384. The number of hydrogen-bond donors (Lipinski definition) is 1. The van der Waals surface area contributed by atoms with Crippen molar-refractivity contribution >= 4 is 35.0 Å². The molecule has 0 radical (unpaired) electrons. The number of nitro benzene ring substituents is 1. The molecule has 0 atom stereocenters. The van der Waals surface area contributed by atoms with Crippen LogP contribution in [-0.2, 0) is 0 Å². The maximum absolute atomic E-state index is 12.2. The lowest BCUT2D eigenvalue weighted by atomic mass is 10.1. The molecule has 8 nitrogen and oxygen atoms in total. The van der Waals surface area contributed by atoms with E-state index in [-0.39, 0.29) is 22.8 Å². The molecule has 3 aromatic heterocycles. The number of ketones is 1. The van der Waals surface area contributed by atoms with E-state index in [1.807, 2.05) is 0 Å². The van der Waals surface area contributed by atoms with Crippen molar-refractivity contribution in [2.24, 2.45) is 0 Å². The second kappa shape index (κ2) is 7.56. The highest BCUT2D eigenvalue weighted by Gasteiger charge is 2.09. The topological polar surface area (TPSA) is 119 Å². The second-order valence-electron chi connectivity index (χ2n) is 5.92. The molecular formula is C20H12N2O6S. The van der Waals surface area contributed by atoms with Crippen molar-refractivity contribution < 1.29 is 18.6 Å². The third kappa shape index (κ3) is 3.99. The minimum Gasteiger partial charge on any atom is -0.461 e. The predicted molar refractivity (Wildman–Crippen MR) is 106 cm³/mol. The normalized spacial score (nSPS) is 12.4. The Morgan fingerprint density at radius 3 is 2.62 bits per heavy atom. The summed E-state index contributed by atoms with van der Waals surface area (Å²) < 4.78 is 11.5. The number of rotatable bonds is 5. The summed E-state index contributed by atoms with van der Waals surface area (Å²) in [5.74, 6) is 0.787. The van der Waals surface area contributed by atoms with Gasteiger partial charge in [0.2, 0.25) is 5.78 Å². The van der Waals surface area contributed by atoms with E-state index in [0.29, 0.717) is 26.3 Å². The van der Waals surface area contributed by atoms with E-state index in [1.165, 1.54) is 24.5 Å². The van der Waals surface area contributed by atoms with Crippen LogP contribution in [0.25, 0.3) is 23.5 Å². The Morgan fingerprint density at radius 1 is 1.14 bits per heavy atom. The summed E-state index contributed by atoms with van der Waals surface area (Å²) in [7, 11) is 0. The van der Waals surface area contributed by atoms with Crippen molar-refractivity contribution in [2.75, 3.05) is 0 Å². The minimum absolute atomic E-state index is 0.00918. The van der Waals surface area contributed by atoms with Gasteiger partial charge in [-0.1, -0.05) is 0 Å². The molecule has 0 fully saturated rings. The maximum atomic E-state index is 12.2. The lowest BCUT2D eigenvalue weighted by Gasteiger charge is -1.96. The molecule has 29 heavy (non-hydrogen) atoms. The first-order valence-electron chi connectivity index (χ1n) is 8.35. The van der Waals surface area contributed by atoms with Crippen LogP contribution in [0, 0.1) is 10.1 Å². The van der Waals surface area contributed by atoms with E-state index >= 15 is 0 Å². The van der Waals surface area contributed by atoms with Crippen molar-refractivity contribution in [3.05, 3.63) is 96.0 Å². The van der Waals surface area contributed by atoms with Crippen LogP contribution < -0.4 is 14.8 Å². The number of carbonyl (C=O) groups excluding carboxylic acids is 1.